The van der Waals surface area contributed by atoms with Crippen LogP contribution in [-0.2, 0) is 0 Å². The molecule has 1 rings (SSSR count). The van der Waals surface area contributed by atoms with E-state index in [1.54, 1.807) is 0 Å². The summed E-state index contributed by atoms with van der Waals surface area (Å²) in [6, 6.07) is 3.53. The maximum atomic E-state index is 9.37. The second-order valence-corrected chi connectivity index (χ2v) is 6.81. The van der Waals surface area contributed by atoms with Crippen molar-refractivity contribution >= 4 is 0 Å². The molecule has 21 heavy (non-hydrogen) atoms. The summed E-state index contributed by atoms with van der Waals surface area (Å²) in [4.78, 5) is 5.13. The fraction of sp³-hybridized carbons (Fsp3) is 0.941. The number of nitrogens with one attached hydrogen (secondary N) is 1. The van der Waals surface area contributed by atoms with E-state index in [0.717, 1.165) is 38.5 Å². The van der Waals surface area contributed by atoms with Crippen LogP contribution in [0.15, 0.2) is 0 Å². The summed E-state index contributed by atoms with van der Waals surface area (Å²) >= 11 is 0. The Labute approximate surface area is 131 Å². The van der Waals surface area contributed by atoms with Gasteiger partial charge in [-0.3, -0.25) is 10.2 Å². The standard InChI is InChI=1S/C17H34N4/c1-6-21(7-2)16-9-12-20(13-16)11-8-10-17(5,14-18)19-15(3)4/h15-16,19H,6-13H2,1-5H3. The minimum atomic E-state index is -0.383. The molecule has 0 spiro atoms. The van der Waals surface area contributed by atoms with Crippen molar-refractivity contribution in [3.63, 3.8) is 0 Å². The first-order valence-electron chi connectivity index (χ1n) is 8.59. The molecule has 0 aromatic heterocycles. The van der Waals surface area contributed by atoms with E-state index < -0.39 is 0 Å². The van der Waals surface area contributed by atoms with Crippen molar-refractivity contribution in [1.29, 1.82) is 5.26 Å². The molecule has 1 heterocycles. The quantitative estimate of drug-likeness (QED) is 0.709. The summed E-state index contributed by atoms with van der Waals surface area (Å²) in [5, 5.41) is 12.8. The first-order valence-corrected chi connectivity index (χ1v) is 8.59. The van der Waals surface area contributed by atoms with Crippen molar-refractivity contribution in [2.24, 2.45) is 0 Å². The Bertz CT molecular complexity index is 332. The van der Waals surface area contributed by atoms with Crippen molar-refractivity contribution in [2.45, 2.75) is 71.5 Å². The van der Waals surface area contributed by atoms with E-state index in [-0.39, 0.29) is 5.54 Å². The minimum absolute atomic E-state index is 0.355. The summed E-state index contributed by atoms with van der Waals surface area (Å²) in [7, 11) is 0. The predicted molar refractivity (Wildman–Crippen MR) is 89.3 cm³/mol. The van der Waals surface area contributed by atoms with Crippen LogP contribution in [0.25, 0.3) is 0 Å². The molecule has 0 aromatic rings. The van der Waals surface area contributed by atoms with Gasteiger partial charge in [0, 0.05) is 18.6 Å². The first kappa shape index (κ1) is 18.4. The predicted octanol–water partition coefficient (Wildman–Crippen LogP) is 2.46. The first-order chi connectivity index (χ1) is 9.94. The maximum Gasteiger partial charge on any atom is 0.104 e. The van der Waals surface area contributed by atoms with Crippen molar-refractivity contribution in [3.05, 3.63) is 0 Å². The van der Waals surface area contributed by atoms with Crippen molar-refractivity contribution in [3.8, 4) is 6.07 Å². The Hall–Kier alpha value is -0.630. The van der Waals surface area contributed by atoms with Gasteiger partial charge in [0.1, 0.15) is 5.54 Å². The molecular weight excluding hydrogens is 260 g/mol. The normalized spacial score (nSPS) is 22.7. The molecule has 1 fully saturated rings. The molecule has 0 aliphatic carbocycles. The third-order valence-electron chi connectivity index (χ3n) is 4.58. The molecule has 1 aliphatic heterocycles. The van der Waals surface area contributed by atoms with Crippen LogP contribution in [0, 0.1) is 11.3 Å². The second-order valence-electron chi connectivity index (χ2n) is 6.81. The van der Waals surface area contributed by atoms with Crippen LogP contribution in [0.2, 0.25) is 0 Å². The smallest absolute Gasteiger partial charge is 0.104 e. The third-order valence-corrected chi connectivity index (χ3v) is 4.58. The lowest BCUT2D eigenvalue weighted by Gasteiger charge is -2.28. The largest absolute Gasteiger partial charge is 0.302 e. The summed E-state index contributed by atoms with van der Waals surface area (Å²) in [6.07, 6.45) is 3.31. The van der Waals surface area contributed by atoms with Crippen LogP contribution < -0.4 is 5.32 Å². The number of nitriles is 1. The number of likely N-dealkylation sites (tertiary alicyclic amines) is 1. The molecule has 0 radical (unpaired) electrons. The minimum Gasteiger partial charge on any atom is -0.302 e. The van der Waals surface area contributed by atoms with Gasteiger partial charge in [-0.15, -0.1) is 0 Å². The van der Waals surface area contributed by atoms with Crippen LogP contribution in [0.4, 0.5) is 0 Å². The molecule has 4 heteroatoms. The second kappa shape index (κ2) is 8.73. The van der Waals surface area contributed by atoms with E-state index in [9.17, 15) is 5.26 Å². The van der Waals surface area contributed by atoms with Crippen LogP contribution in [0.1, 0.15) is 53.9 Å². The topological polar surface area (TPSA) is 42.3 Å². The summed E-state index contributed by atoms with van der Waals surface area (Å²) in [5.41, 5.74) is -0.383. The van der Waals surface area contributed by atoms with E-state index in [2.05, 4.69) is 48.9 Å². The van der Waals surface area contributed by atoms with Gasteiger partial charge in [-0.05, 0) is 66.2 Å². The molecule has 2 atom stereocenters. The Balaban J connectivity index is 2.32. The SMILES string of the molecule is CCN(CC)C1CCN(CCCC(C)(C#N)NC(C)C)C1. The van der Waals surface area contributed by atoms with Crippen LogP contribution in [0.3, 0.4) is 0 Å². The van der Waals surface area contributed by atoms with Crippen molar-refractivity contribution in [1.82, 2.24) is 15.1 Å². The van der Waals surface area contributed by atoms with Crippen molar-refractivity contribution in [2.75, 3.05) is 32.7 Å². The molecule has 1 aliphatic rings. The highest BCUT2D eigenvalue weighted by Crippen LogP contribution is 2.18. The van der Waals surface area contributed by atoms with Crippen molar-refractivity contribution < 1.29 is 0 Å². The van der Waals surface area contributed by atoms with Crippen LogP contribution in [-0.4, -0.2) is 60.1 Å². The average molecular weight is 294 g/mol. The number of rotatable bonds is 9. The monoisotopic (exact) mass is 294 g/mol. The molecule has 1 N–H and O–H groups in total. The molecular formula is C17H34N4. The number of hydrogen-bond acceptors (Lipinski definition) is 4. The van der Waals surface area contributed by atoms with E-state index in [1.165, 1.54) is 19.5 Å². The zero-order chi connectivity index (χ0) is 15.9. The van der Waals surface area contributed by atoms with Gasteiger partial charge in [0.15, 0.2) is 0 Å². The maximum absolute atomic E-state index is 9.37. The van der Waals surface area contributed by atoms with Gasteiger partial charge in [-0.2, -0.15) is 5.26 Å². The Morgan fingerprint density at radius 1 is 1.38 bits per heavy atom. The Morgan fingerprint density at radius 3 is 2.57 bits per heavy atom. The number of likely N-dealkylation sites (N-methyl/N-ethyl adjacent to an activating group) is 1. The van der Waals surface area contributed by atoms with E-state index in [0.29, 0.717) is 6.04 Å². The Morgan fingerprint density at radius 2 is 2.05 bits per heavy atom. The van der Waals surface area contributed by atoms with E-state index >= 15 is 0 Å². The third kappa shape index (κ3) is 5.94. The molecule has 0 aromatic carbocycles. The van der Waals surface area contributed by atoms with Gasteiger partial charge in [0.05, 0.1) is 6.07 Å². The summed E-state index contributed by atoms with van der Waals surface area (Å²) in [5.74, 6) is 0. The summed E-state index contributed by atoms with van der Waals surface area (Å²) < 4.78 is 0. The van der Waals surface area contributed by atoms with Gasteiger partial charge in [-0.25, -0.2) is 0 Å². The Kier molecular flexibility index (Phi) is 7.65. The average Bonchev–Trinajstić information content (AvgIpc) is 2.88. The summed E-state index contributed by atoms with van der Waals surface area (Å²) in [6.45, 7) is 16.6. The van der Waals surface area contributed by atoms with Gasteiger partial charge < -0.3 is 4.90 Å². The van der Waals surface area contributed by atoms with Gasteiger partial charge in [0.25, 0.3) is 0 Å². The fourth-order valence-corrected chi connectivity index (χ4v) is 3.51. The van der Waals surface area contributed by atoms with Crippen LogP contribution >= 0.6 is 0 Å². The highest BCUT2D eigenvalue weighted by Gasteiger charge is 2.27. The van der Waals surface area contributed by atoms with Crippen LogP contribution in [0.5, 0.6) is 0 Å². The van der Waals surface area contributed by atoms with E-state index in [1.807, 2.05) is 6.92 Å². The molecule has 2 unspecified atom stereocenters. The molecule has 0 saturated carbocycles. The number of hydrogen-bond donors (Lipinski definition) is 1. The zero-order valence-corrected chi connectivity index (χ0v) is 14.7. The molecule has 122 valence electrons. The molecule has 0 bridgehead atoms. The fourth-order valence-electron chi connectivity index (χ4n) is 3.51. The zero-order valence-electron chi connectivity index (χ0n) is 14.7. The number of nitrogens with zero attached hydrogens (tertiary/aromatic N) is 3. The van der Waals surface area contributed by atoms with E-state index in [4.69, 9.17) is 0 Å². The van der Waals surface area contributed by atoms with Gasteiger partial charge in [-0.1, -0.05) is 13.8 Å². The van der Waals surface area contributed by atoms with Gasteiger partial charge >= 0.3 is 0 Å². The molecule has 4 nitrogen and oxygen atoms in total. The highest BCUT2D eigenvalue weighted by atomic mass is 15.2. The lowest BCUT2D eigenvalue weighted by atomic mass is 9.96. The molecule has 0 amide bonds. The lowest BCUT2D eigenvalue weighted by molar-refractivity contribution is 0.208. The molecule has 1 saturated heterocycles. The lowest BCUT2D eigenvalue weighted by Crippen LogP contribution is -2.45. The van der Waals surface area contributed by atoms with Gasteiger partial charge in [0.2, 0.25) is 0 Å². The highest BCUT2D eigenvalue weighted by molar-refractivity contribution is 5.04.